The minimum absolute atomic E-state index is 0.820. The van der Waals surface area contributed by atoms with Crippen molar-refractivity contribution in [3.8, 4) is 0 Å². The Balaban J connectivity index is 0.960. The minimum Gasteiger partial charge on any atom is -0.477 e. The van der Waals surface area contributed by atoms with Crippen molar-refractivity contribution in [1.82, 2.24) is 26.6 Å². The van der Waals surface area contributed by atoms with Gasteiger partial charge in [0.05, 0.1) is 84.3 Å². The van der Waals surface area contributed by atoms with Crippen molar-refractivity contribution in [1.29, 1.82) is 0 Å². The fourth-order valence-corrected chi connectivity index (χ4v) is 18.5. The maximum Gasteiger partial charge on any atom is 0.364 e. The first-order chi connectivity index (χ1) is 67.0. The van der Waals surface area contributed by atoms with Gasteiger partial charge in [0.25, 0.3) is 5.79 Å². The van der Waals surface area contributed by atoms with Gasteiger partial charge in [-0.3, -0.25) is 24.0 Å². The second kappa shape index (κ2) is 50.6. The number of carbonyl (C=O) groups excluding carboxylic acids is 5. The predicted octanol–water partition coefficient (Wildman–Crippen LogP) is -24.0. The van der Waals surface area contributed by atoms with E-state index in [0.29, 0.717) is 0 Å². The van der Waals surface area contributed by atoms with Crippen LogP contribution in [0.3, 0.4) is 0 Å². The summed E-state index contributed by atoms with van der Waals surface area (Å²) in [7, 11) is 0. The second-order valence-electron chi connectivity index (χ2n) is 35.9. The molecule has 0 radical (unpaired) electrons. The Hall–Kier alpha value is -5.22. The normalized spacial score (nSPS) is 48.0. The molecule has 0 spiro atoms. The summed E-state index contributed by atoms with van der Waals surface area (Å²) in [5, 5.41) is 362. The lowest BCUT2D eigenvalue weighted by atomic mass is 9.88. The molecule has 0 aromatic heterocycles. The van der Waals surface area contributed by atoms with E-state index < -0.39 is 451 Å². The van der Waals surface area contributed by atoms with Crippen molar-refractivity contribution in [3.63, 3.8) is 0 Å². The number of hydrogen-bond donors (Lipinski definition) is 36. The summed E-state index contributed by atoms with van der Waals surface area (Å²) < 4.78 is 127. The molecule has 11 heterocycles. The summed E-state index contributed by atoms with van der Waals surface area (Å²) in [4.78, 5) is 78.4. The molecule has 56 atom stereocenters. The number of nitrogens with one attached hydrogen (secondary N) is 5. The first kappa shape index (κ1) is 117. The van der Waals surface area contributed by atoms with E-state index in [1.165, 1.54) is 0 Å². The number of carboxylic acids is 1. The van der Waals surface area contributed by atoms with Crippen LogP contribution in [0.25, 0.3) is 0 Å². The lowest BCUT2D eigenvalue weighted by molar-refractivity contribution is -0.406. The van der Waals surface area contributed by atoms with Gasteiger partial charge in [-0.1, -0.05) is 0 Å². The van der Waals surface area contributed by atoms with Gasteiger partial charge in [0.15, 0.2) is 62.9 Å². The maximum atomic E-state index is 13.9. The molecule has 11 rings (SSSR count). The van der Waals surface area contributed by atoms with E-state index in [2.05, 4.69) is 26.6 Å². The molecule has 11 fully saturated rings. The van der Waals surface area contributed by atoms with E-state index >= 15 is 0 Å². The second-order valence-corrected chi connectivity index (χ2v) is 35.9. The van der Waals surface area contributed by atoms with Gasteiger partial charge in [-0.15, -0.1) is 0 Å². The molecule has 0 bridgehead atoms. The number of aliphatic hydroxyl groups excluding tert-OH is 30. The number of amides is 5. The molecule has 63 heteroatoms. The Kier molecular flexibility index (Phi) is 41.7. The Morgan fingerprint density at radius 3 is 1.09 bits per heavy atom. The molecule has 0 aromatic rings. The molecule has 63 nitrogen and oxygen atoms in total. The van der Waals surface area contributed by atoms with Gasteiger partial charge in [-0.05, 0) is 6.92 Å². The molecule has 820 valence electrons. The van der Waals surface area contributed by atoms with Gasteiger partial charge in [0, 0.05) is 41.0 Å². The zero-order valence-corrected chi connectivity index (χ0v) is 76.4. The van der Waals surface area contributed by atoms with Crippen molar-refractivity contribution in [2.75, 3.05) is 66.1 Å². The van der Waals surface area contributed by atoms with E-state index in [0.717, 1.165) is 41.5 Å². The Morgan fingerprint density at radius 1 is 0.303 bits per heavy atom. The smallest absolute Gasteiger partial charge is 0.364 e. The molecule has 11 aliphatic heterocycles. The summed E-state index contributed by atoms with van der Waals surface area (Å²) in [6.07, 6.45) is -113. The van der Waals surface area contributed by atoms with Crippen LogP contribution in [0.5, 0.6) is 0 Å². The van der Waals surface area contributed by atoms with Crippen LogP contribution in [-0.2, 0) is 128 Å². The third-order valence-electron chi connectivity index (χ3n) is 25.9. The van der Waals surface area contributed by atoms with Crippen LogP contribution < -0.4 is 26.6 Å². The summed E-state index contributed by atoms with van der Waals surface area (Å²) >= 11 is 0. The summed E-state index contributed by atoms with van der Waals surface area (Å²) in [5.74, 6) is -10.5. The van der Waals surface area contributed by atoms with E-state index in [1.807, 2.05) is 0 Å². The molecule has 5 amide bonds. The summed E-state index contributed by atoms with van der Waals surface area (Å²) in [6.45, 7) is -6.63. The number of aliphatic carboxylic acids is 1. The van der Waals surface area contributed by atoms with Gasteiger partial charge in [0.2, 0.25) is 29.5 Å². The van der Waals surface area contributed by atoms with Crippen LogP contribution in [0.1, 0.15) is 48.0 Å². The number of ether oxygens (including phenoxy) is 21. The van der Waals surface area contributed by atoms with Gasteiger partial charge < -0.3 is 284 Å². The maximum absolute atomic E-state index is 13.9. The zero-order chi connectivity index (χ0) is 105. The number of rotatable bonds is 38. The van der Waals surface area contributed by atoms with Gasteiger partial charge in [-0.25, -0.2) is 4.79 Å². The van der Waals surface area contributed by atoms with Gasteiger partial charge in [-0.2, -0.15) is 0 Å². The van der Waals surface area contributed by atoms with Crippen LogP contribution in [0.15, 0.2) is 0 Å². The molecule has 0 unspecified atom stereocenters. The first-order valence-electron chi connectivity index (χ1n) is 45.1. The molecular weight excluding hydrogens is 1950 g/mol. The van der Waals surface area contributed by atoms with Crippen molar-refractivity contribution in [2.45, 2.75) is 391 Å². The highest BCUT2D eigenvalue weighted by Gasteiger charge is 2.65. The van der Waals surface area contributed by atoms with E-state index in [9.17, 15) is 187 Å². The fourth-order valence-electron chi connectivity index (χ4n) is 18.5. The van der Waals surface area contributed by atoms with Crippen LogP contribution in [0.4, 0.5) is 0 Å². The third-order valence-corrected chi connectivity index (χ3v) is 25.9. The quantitative estimate of drug-likeness (QED) is 0.0273. The first-order valence-corrected chi connectivity index (χ1v) is 45.1. The standard InChI is InChI=1S/C79H131N5O58/c1-18-40(101)50(111)54(115)72(123-18)137-63-39(84-23(6)98)71(131-33(16-93)61(63)136-75-57(118)65(45(106)29(12-89)126-75)142-79(78(120)121)7-24(99)35(80-19(2)94)62(141-79)41(102)25(100)8-85)140-67-53(114)44(105)28(11-88)128-77(67)138-64-46(107)34(132-74(56(64)117)135-60-32(15-92)129-69(37(48(60)109)82-21(4)96)133-58-30(13-90)124-68(119)36(47(58)108)81-20(3)95)17-122-76-66(52(113)43(104)27(10-87)127-76)139-70-38(83-22(5)97)49(110)59(31(14-91)130-70)134-73-55(116)51(112)42(103)26(9-86)125-73/h18,24-77,85-93,99-119H,7-17H2,1-6H3,(H,80,94)(H,81,95)(H,82,96)(H,83,97)(H,84,98)(H,120,121)/t18-,24-,25+,26+,27+,28+,29+,30+,31+,32+,33+,34+,35+,36+,37+,38+,39+,40+,41+,42-,43+,44+,45-,46+,47+,48+,49+,50+,51-,52-,53-,54-,55+,56-,57+,58+,59+,60+,61+,62+,63+,64-,65-,66-,67-,68+,69-,70-,71-,72-,73-,74-,75-,76-,77+,79-/m0/s1. The largest absolute Gasteiger partial charge is 0.477 e. The lowest BCUT2D eigenvalue weighted by Gasteiger charge is -2.52. The SMILES string of the molecule is CC(=O)N[C@@H]1[C@@H](O)[C@H](O[C@@H]2O[C@H](CO)[C@@H](O[C@@H]3O[C@H](CO[C@H]4O[C@H](CO)[C@@H](O)[C@H](O)[C@@H]4O[C@@H]4O[C@H](CO)[C@@H](O[C@@H]5O[C@H](CO)[C@H](O)[C@H](O)[C@H]5O)[C@H](O)[C@H]4NC(C)=O)[C@@H](O)[C@H](O[C@H]4O[C@H](CO)[C@@H](O)[C@H](O)[C@@H]4O[C@@H]4O[C@H](CO)[C@@H](O[C@@H]5O[C@H](CO)[C@H](O)[C@H](O[C@]6(C(=O)O)C[C@H](O)[C@@H](NC(C)=O)[C@H]([C@H](O)[C@H](O)CO)O6)[C@H]5O)[C@H](O[C@@H]5O[C@@H](C)[C@@H](O)[C@@H](O)[C@@H]5O)[C@H]4NC(C)=O)[C@@H]3O)[C@H](O)[C@H]2NC(C)=O)[C@@H](CO)O[C@H]1O. The molecule has 11 aliphatic rings. The Morgan fingerprint density at radius 2 is 0.627 bits per heavy atom. The predicted molar refractivity (Wildman–Crippen MR) is 436 cm³/mol. The van der Waals surface area contributed by atoms with E-state index in [-0.39, 0.29) is 0 Å². The molecule has 11 saturated heterocycles. The van der Waals surface area contributed by atoms with Gasteiger partial charge in [0.1, 0.15) is 256 Å². The van der Waals surface area contributed by atoms with Crippen molar-refractivity contribution < 1.29 is 287 Å². The summed E-state index contributed by atoms with van der Waals surface area (Å²) in [5.41, 5.74) is 0. The van der Waals surface area contributed by atoms with E-state index in [4.69, 9.17) is 99.5 Å². The molecular formula is C79H131N5O58. The molecule has 36 N–H and O–H groups in total. The molecule has 0 aromatic carbocycles. The number of carboxylic acid groups (broad SMARTS) is 1. The highest BCUT2D eigenvalue weighted by atomic mass is 16.8. The molecule has 142 heavy (non-hydrogen) atoms. The zero-order valence-electron chi connectivity index (χ0n) is 76.4. The molecule has 0 saturated carbocycles. The highest BCUT2D eigenvalue weighted by molar-refractivity contribution is 5.77. The van der Waals surface area contributed by atoms with Gasteiger partial charge >= 0.3 is 5.97 Å². The van der Waals surface area contributed by atoms with Crippen LogP contribution in [-0.4, -0.2) is 603 Å². The van der Waals surface area contributed by atoms with E-state index in [1.54, 1.807) is 0 Å². The van der Waals surface area contributed by atoms with Crippen molar-refractivity contribution >= 4 is 35.5 Å². The third kappa shape index (κ3) is 25.6. The summed E-state index contributed by atoms with van der Waals surface area (Å²) in [6, 6.07) is -9.81. The number of hydrogen-bond acceptors (Lipinski definition) is 57. The average Bonchev–Trinajstić information content (AvgIpc) is 0.743. The monoisotopic (exact) mass is 2080 g/mol. The highest BCUT2D eigenvalue weighted by Crippen LogP contribution is 2.44. The van der Waals surface area contributed by atoms with Crippen molar-refractivity contribution in [2.24, 2.45) is 0 Å². The lowest BCUT2D eigenvalue weighted by Crippen LogP contribution is -2.72. The van der Waals surface area contributed by atoms with Crippen LogP contribution in [0, 0.1) is 0 Å². The number of carbonyl (C=O) groups is 6. The minimum atomic E-state index is -3.41. The van der Waals surface area contributed by atoms with Crippen molar-refractivity contribution in [3.05, 3.63) is 0 Å². The Labute approximate surface area is 803 Å². The van der Waals surface area contributed by atoms with Crippen LogP contribution in [0.2, 0.25) is 0 Å². The topological polar surface area (TPSA) is 984 Å². The molecule has 0 aliphatic carbocycles. The van der Waals surface area contributed by atoms with Crippen LogP contribution >= 0.6 is 0 Å². The fraction of sp³-hybridized carbons (Fsp3) is 0.924. The average molecular weight is 2080 g/mol. The Bertz CT molecular complexity index is 4010. The number of aliphatic hydroxyl groups is 30.